The summed E-state index contributed by atoms with van der Waals surface area (Å²) in [6.07, 6.45) is 4.17. The predicted octanol–water partition coefficient (Wildman–Crippen LogP) is 0.881. The Bertz CT molecular complexity index is 328. The molecule has 0 radical (unpaired) electrons. The molecule has 1 fully saturated rings. The van der Waals surface area contributed by atoms with Crippen molar-refractivity contribution >= 4 is 5.78 Å². The third kappa shape index (κ3) is 2.71. The number of carbonyl (C=O) groups is 1. The Hall–Kier alpha value is -1.13. The van der Waals surface area contributed by atoms with Crippen LogP contribution in [-0.2, 0) is 0 Å². The molecule has 2 N–H and O–H groups in total. The van der Waals surface area contributed by atoms with Gasteiger partial charge in [0, 0.05) is 18.8 Å². The molecule has 1 atom stereocenters. The van der Waals surface area contributed by atoms with Crippen LogP contribution in [0.1, 0.15) is 23.3 Å². The number of nitrogens with one attached hydrogen (secondary N) is 2. The van der Waals surface area contributed by atoms with Crippen LogP contribution in [0.5, 0.6) is 0 Å². The number of nitrogens with zero attached hydrogens (tertiary/aromatic N) is 1. The fraction of sp³-hybridized carbons (Fsp3) is 0.583. The number of likely N-dealkylation sites (N-methyl/N-ethyl adjacent to an activating group) is 1. The Morgan fingerprint density at radius 1 is 1.62 bits per heavy atom. The van der Waals surface area contributed by atoms with E-state index < -0.39 is 0 Å². The number of piperidine rings is 1. The summed E-state index contributed by atoms with van der Waals surface area (Å²) < 4.78 is 0. The highest BCUT2D eigenvalue weighted by Crippen LogP contribution is 2.09. The molecule has 1 aromatic rings. The molecule has 0 aliphatic carbocycles. The molecule has 16 heavy (non-hydrogen) atoms. The van der Waals surface area contributed by atoms with Crippen LogP contribution in [0.4, 0.5) is 0 Å². The number of rotatable bonds is 4. The Balaban J connectivity index is 1.86. The molecule has 0 spiro atoms. The average Bonchev–Trinajstić information content (AvgIpc) is 2.83. The molecule has 1 unspecified atom stereocenters. The largest absolute Gasteiger partial charge is 0.359 e. The van der Waals surface area contributed by atoms with Gasteiger partial charge in [0.15, 0.2) is 5.78 Å². The van der Waals surface area contributed by atoms with Crippen LogP contribution in [0.15, 0.2) is 18.3 Å². The van der Waals surface area contributed by atoms with Crippen LogP contribution in [0.2, 0.25) is 0 Å². The quantitative estimate of drug-likeness (QED) is 0.742. The van der Waals surface area contributed by atoms with Gasteiger partial charge in [-0.25, -0.2) is 0 Å². The van der Waals surface area contributed by atoms with Gasteiger partial charge in [0.1, 0.15) is 0 Å². The summed E-state index contributed by atoms with van der Waals surface area (Å²) in [6.45, 7) is 2.59. The van der Waals surface area contributed by atoms with Gasteiger partial charge in [0.25, 0.3) is 0 Å². The number of hydrogen-bond donors (Lipinski definition) is 2. The first-order valence-electron chi connectivity index (χ1n) is 5.85. The molecule has 2 heterocycles. The zero-order chi connectivity index (χ0) is 11.4. The Morgan fingerprint density at radius 3 is 3.12 bits per heavy atom. The minimum absolute atomic E-state index is 0.165. The lowest BCUT2D eigenvalue weighted by atomic mass is 10.1. The van der Waals surface area contributed by atoms with Crippen LogP contribution in [0.3, 0.4) is 0 Å². The van der Waals surface area contributed by atoms with Crippen LogP contribution >= 0.6 is 0 Å². The smallest absolute Gasteiger partial charge is 0.192 e. The minimum Gasteiger partial charge on any atom is -0.359 e. The van der Waals surface area contributed by atoms with Crippen molar-refractivity contribution in [1.82, 2.24) is 15.2 Å². The van der Waals surface area contributed by atoms with Gasteiger partial charge in [0.05, 0.1) is 12.2 Å². The van der Waals surface area contributed by atoms with Gasteiger partial charge in [-0.15, -0.1) is 0 Å². The first kappa shape index (κ1) is 11.4. The van der Waals surface area contributed by atoms with Crippen molar-refractivity contribution in [2.24, 2.45) is 0 Å². The molecule has 0 bridgehead atoms. The highest BCUT2D eigenvalue weighted by molar-refractivity contribution is 5.95. The lowest BCUT2D eigenvalue weighted by molar-refractivity contribution is 0.0902. The number of Topliss-reactive ketones (excluding diaryl/α,β-unsaturated/α-hetero) is 1. The lowest BCUT2D eigenvalue weighted by Crippen LogP contribution is -2.45. The number of carbonyl (C=O) groups excluding carboxylic acids is 1. The first-order valence-corrected chi connectivity index (χ1v) is 5.85. The fourth-order valence-electron chi connectivity index (χ4n) is 2.15. The van der Waals surface area contributed by atoms with Gasteiger partial charge in [0.2, 0.25) is 0 Å². The van der Waals surface area contributed by atoms with Gasteiger partial charge in [-0.05, 0) is 38.6 Å². The maximum atomic E-state index is 11.9. The molecular formula is C12H19N3O. The zero-order valence-corrected chi connectivity index (χ0v) is 9.70. The monoisotopic (exact) mass is 221 g/mol. The Morgan fingerprint density at radius 2 is 2.50 bits per heavy atom. The van der Waals surface area contributed by atoms with Gasteiger partial charge in [-0.2, -0.15) is 0 Å². The van der Waals surface area contributed by atoms with E-state index >= 15 is 0 Å². The molecule has 4 nitrogen and oxygen atoms in total. The van der Waals surface area contributed by atoms with Crippen molar-refractivity contribution < 1.29 is 4.79 Å². The number of hydrogen-bond acceptors (Lipinski definition) is 3. The molecule has 1 aliphatic rings. The van der Waals surface area contributed by atoms with E-state index in [1.54, 1.807) is 6.20 Å². The highest BCUT2D eigenvalue weighted by atomic mass is 16.1. The number of aromatic nitrogens is 1. The van der Waals surface area contributed by atoms with Crippen LogP contribution in [-0.4, -0.2) is 48.4 Å². The maximum Gasteiger partial charge on any atom is 0.192 e. The summed E-state index contributed by atoms with van der Waals surface area (Å²) in [6, 6.07) is 4.18. The standard InChI is InChI=1S/C12H19N3O/c1-15(10-4-2-6-13-8-10)9-12(16)11-5-3-7-14-11/h3,5,7,10,13-14H,2,4,6,8-9H2,1H3. The Kier molecular flexibility index (Phi) is 3.74. The third-order valence-corrected chi connectivity index (χ3v) is 3.19. The third-order valence-electron chi connectivity index (χ3n) is 3.19. The molecule has 0 aromatic carbocycles. The van der Waals surface area contributed by atoms with Crippen molar-refractivity contribution in [1.29, 1.82) is 0 Å². The number of ketones is 1. The fourth-order valence-corrected chi connectivity index (χ4v) is 2.15. The summed E-state index contributed by atoms with van der Waals surface area (Å²) in [5, 5.41) is 3.36. The van der Waals surface area contributed by atoms with Crippen LogP contribution < -0.4 is 5.32 Å². The maximum absolute atomic E-state index is 11.9. The van der Waals surface area contributed by atoms with Gasteiger partial charge in [-0.3, -0.25) is 9.69 Å². The molecule has 0 amide bonds. The lowest BCUT2D eigenvalue weighted by Gasteiger charge is -2.31. The minimum atomic E-state index is 0.165. The highest BCUT2D eigenvalue weighted by Gasteiger charge is 2.20. The van der Waals surface area contributed by atoms with E-state index in [1.165, 1.54) is 12.8 Å². The van der Waals surface area contributed by atoms with E-state index in [2.05, 4.69) is 15.2 Å². The van der Waals surface area contributed by atoms with Crippen molar-refractivity contribution in [3.05, 3.63) is 24.0 Å². The topological polar surface area (TPSA) is 48.1 Å². The van der Waals surface area contributed by atoms with E-state index in [0.717, 1.165) is 13.1 Å². The van der Waals surface area contributed by atoms with Gasteiger partial charge >= 0.3 is 0 Å². The number of aromatic amines is 1. The molecule has 1 aliphatic heterocycles. The molecule has 1 saturated heterocycles. The first-order chi connectivity index (χ1) is 7.77. The molecular weight excluding hydrogens is 202 g/mol. The summed E-state index contributed by atoms with van der Waals surface area (Å²) in [4.78, 5) is 17.0. The summed E-state index contributed by atoms with van der Waals surface area (Å²) in [5.41, 5.74) is 0.704. The summed E-state index contributed by atoms with van der Waals surface area (Å²) in [5.74, 6) is 0.165. The van der Waals surface area contributed by atoms with Crippen molar-refractivity contribution in [2.45, 2.75) is 18.9 Å². The SMILES string of the molecule is CN(CC(=O)c1ccc[nH]1)C1CCCNC1. The molecule has 4 heteroatoms. The molecule has 88 valence electrons. The van der Waals surface area contributed by atoms with Crippen molar-refractivity contribution in [2.75, 3.05) is 26.7 Å². The number of H-pyrrole nitrogens is 1. The summed E-state index contributed by atoms with van der Waals surface area (Å²) >= 11 is 0. The predicted molar refractivity (Wildman–Crippen MR) is 63.6 cm³/mol. The van der Waals surface area contributed by atoms with Gasteiger partial charge < -0.3 is 10.3 Å². The molecule has 1 aromatic heterocycles. The van der Waals surface area contributed by atoms with Crippen LogP contribution in [0.25, 0.3) is 0 Å². The molecule has 0 saturated carbocycles. The van der Waals surface area contributed by atoms with E-state index in [4.69, 9.17) is 0 Å². The zero-order valence-electron chi connectivity index (χ0n) is 9.70. The normalized spacial score (nSPS) is 21.2. The van der Waals surface area contributed by atoms with E-state index in [9.17, 15) is 4.79 Å². The Labute approximate surface area is 96.0 Å². The van der Waals surface area contributed by atoms with Crippen LogP contribution in [0, 0.1) is 0 Å². The summed E-state index contributed by atoms with van der Waals surface area (Å²) in [7, 11) is 2.03. The second-order valence-electron chi connectivity index (χ2n) is 4.42. The second kappa shape index (κ2) is 5.27. The van der Waals surface area contributed by atoms with Crippen molar-refractivity contribution in [3.8, 4) is 0 Å². The van der Waals surface area contributed by atoms with E-state index in [0.29, 0.717) is 18.3 Å². The average molecular weight is 221 g/mol. The van der Waals surface area contributed by atoms with Crippen molar-refractivity contribution in [3.63, 3.8) is 0 Å². The van der Waals surface area contributed by atoms with Gasteiger partial charge in [-0.1, -0.05) is 0 Å². The van der Waals surface area contributed by atoms with E-state index in [1.807, 2.05) is 19.2 Å². The van der Waals surface area contributed by atoms with E-state index in [-0.39, 0.29) is 5.78 Å². The molecule has 2 rings (SSSR count). The second-order valence-corrected chi connectivity index (χ2v) is 4.42.